The number of fused-ring (bicyclic) bond motifs is 1. The molecule has 0 spiro atoms. The Kier molecular flexibility index (Phi) is 5.30. The largest absolute Gasteiger partial charge is 0.465 e. The summed E-state index contributed by atoms with van der Waals surface area (Å²) in [6.45, 7) is 0.0739. The van der Waals surface area contributed by atoms with E-state index in [2.05, 4.69) is 0 Å². The minimum absolute atomic E-state index is 0.0739. The Morgan fingerprint density at radius 3 is 2.47 bits per heavy atom. The number of halogens is 1. The van der Waals surface area contributed by atoms with Crippen molar-refractivity contribution >= 4 is 23.6 Å². The predicted octanol–water partition coefficient (Wildman–Crippen LogP) is 4.58. The molecule has 1 aliphatic rings. The van der Waals surface area contributed by atoms with E-state index in [1.807, 2.05) is 0 Å². The molecule has 0 fully saturated rings. The molecule has 5 nitrogen and oxygen atoms in total. The number of hydrogen-bond acceptors (Lipinski definition) is 4. The van der Waals surface area contributed by atoms with Crippen molar-refractivity contribution in [1.82, 2.24) is 0 Å². The lowest BCUT2D eigenvalue weighted by molar-refractivity contribution is -0.117. The molecule has 1 amide bonds. The van der Waals surface area contributed by atoms with Gasteiger partial charge in [-0.25, -0.2) is 9.18 Å². The average Bonchev–Trinajstić information content (AvgIpc) is 2.78. The van der Waals surface area contributed by atoms with Crippen molar-refractivity contribution in [3.8, 4) is 5.75 Å². The number of para-hydroxylation sites is 2. The number of carbonyl (C=O) groups excluding carboxylic acids is 2. The molecule has 3 aromatic carbocycles. The van der Waals surface area contributed by atoms with E-state index in [0.717, 1.165) is 0 Å². The van der Waals surface area contributed by atoms with E-state index < -0.39 is 5.97 Å². The van der Waals surface area contributed by atoms with Crippen molar-refractivity contribution in [2.45, 2.75) is 6.54 Å². The van der Waals surface area contributed by atoms with Gasteiger partial charge in [0.05, 0.1) is 24.9 Å². The summed E-state index contributed by atoms with van der Waals surface area (Å²) in [6.07, 6.45) is 1.59. The number of benzene rings is 3. The summed E-state index contributed by atoms with van der Waals surface area (Å²) in [4.78, 5) is 26.3. The third-order valence-corrected chi connectivity index (χ3v) is 4.75. The maximum Gasteiger partial charge on any atom is 0.337 e. The molecular weight excluding hydrogens is 385 g/mol. The molecule has 0 unspecified atom stereocenters. The van der Waals surface area contributed by atoms with Gasteiger partial charge in [-0.15, -0.1) is 0 Å². The third kappa shape index (κ3) is 3.80. The van der Waals surface area contributed by atoms with E-state index in [1.54, 1.807) is 72.8 Å². The van der Waals surface area contributed by atoms with Gasteiger partial charge in [-0.1, -0.05) is 42.5 Å². The molecule has 0 N–H and O–H groups in total. The van der Waals surface area contributed by atoms with Crippen LogP contribution in [0.15, 0.2) is 78.6 Å². The van der Waals surface area contributed by atoms with Gasteiger partial charge in [0.2, 0.25) is 0 Å². The van der Waals surface area contributed by atoms with E-state index in [-0.39, 0.29) is 24.0 Å². The van der Waals surface area contributed by atoms with Crippen molar-refractivity contribution in [1.29, 1.82) is 0 Å². The monoisotopic (exact) mass is 403 g/mol. The lowest BCUT2D eigenvalue weighted by atomic mass is 10.1. The molecule has 150 valence electrons. The van der Waals surface area contributed by atoms with Gasteiger partial charge in [0, 0.05) is 5.56 Å². The Bertz CT molecular complexity index is 1140. The number of nitrogens with zero attached hydrogens (tertiary/aromatic N) is 1. The number of amides is 1. The summed E-state index contributed by atoms with van der Waals surface area (Å²) in [6, 6.07) is 20.1. The van der Waals surface area contributed by atoms with Gasteiger partial charge >= 0.3 is 5.97 Å². The van der Waals surface area contributed by atoms with Crippen molar-refractivity contribution in [2.75, 3.05) is 12.0 Å². The summed E-state index contributed by atoms with van der Waals surface area (Å²) in [5, 5.41) is 0. The lowest BCUT2D eigenvalue weighted by Crippen LogP contribution is -2.37. The molecule has 0 aliphatic carbocycles. The fourth-order valence-corrected chi connectivity index (χ4v) is 3.20. The second-order valence-electron chi connectivity index (χ2n) is 6.67. The van der Waals surface area contributed by atoms with Crippen LogP contribution in [0.4, 0.5) is 10.1 Å². The highest BCUT2D eigenvalue weighted by molar-refractivity contribution is 6.09. The molecular formula is C24H18FNO4. The molecule has 3 aromatic rings. The van der Waals surface area contributed by atoms with Crippen LogP contribution in [0.5, 0.6) is 5.75 Å². The molecule has 0 atom stereocenters. The Labute approximate surface area is 173 Å². The number of rotatable bonds is 4. The molecule has 1 heterocycles. The summed E-state index contributed by atoms with van der Waals surface area (Å²) in [5.41, 5.74) is 2.06. The third-order valence-electron chi connectivity index (χ3n) is 4.75. The number of carbonyl (C=O) groups is 2. The molecule has 0 saturated heterocycles. The molecule has 0 radical (unpaired) electrons. The Morgan fingerprint density at radius 1 is 1.03 bits per heavy atom. The fraction of sp³-hybridized carbons (Fsp3) is 0.0833. The first-order valence-corrected chi connectivity index (χ1v) is 9.29. The quantitative estimate of drug-likeness (QED) is 0.473. The van der Waals surface area contributed by atoms with Crippen LogP contribution >= 0.6 is 0 Å². The Morgan fingerprint density at radius 2 is 1.73 bits per heavy atom. The maximum atomic E-state index is 14.2. The Hall–Kier alpha value is -3.93. The average molecular weight is 403 g/mol. The number of methoxy groups -OCH3 is 1. The molecule has 0 saturated carbocycles. The number of anilines is 1. The summed E-state index contributed by atoms with van der Waals surface area (Å²) < 4.78 is 24.7. The predicted molar refractivity (Wildman–Crippen MR) is 110 cm³/mol. The fourth-order valence-electron chi connectivity index (χ4n) is 3.20. The molecule has 30 heavy (non-hydrogen) atoms. The van der Waals surface area contributed by atoms with E-state index >= 15 is 0 Å². The lowest BCUT2D eigenvalue weighted by Gasteiger charge is -2.30. The summed E-state index contributed by atoms with van der Waals surface area (Å²) in [7, 11) is 1.31. The number of esters is 1. The van der Waals surface area contributed by atoms with Crippen molar-refractivity contribution < 1.29 is 23.5 Å². The van der Waals surface area contributed by atoms with Crippen LogP contribution in [0.25, 0.3) is 6.08 Å². The maximum absolute atomic E-state index is 14.2. The summed E-state index contributed by atoms with van der Waals surface area (Å²) in [5.74, 6) is -0.585. The molecule has 0 aromatic heterocycles. The highest BCUT2D eigenvalue weighted by Crippen LogP contribution is 2.36. The van der Waals surface area contributed by atoms with Crippen LogP contribution < -0.4 is 9.64 Å². The molecule has 6 heteroatoms. The Balaban J connectivity index is 1.69. The highest BCUT2D eigenvalue weighted by atomic mass is 19.1. The van der Waals surface area contributed by atoms with E-state index in [4.69, 9.17) is 9.47 Å². The van der Waals surface area contributed by atoms with E-state index in [0.29, 0.717) is 28.1 Å². The second-order valence-corrected chi connectivity index (χ2v) is 6.67. The molecule has 4 rings (SSSR count). The first-order valence-electron chi connectivity index (χ1n) is 9.29. The standard InChI is InChI=1S/C24H18FNO4/c1-29-24(28)17-12-10-16(11-13-17)14-22-23(27)26(15-18-6-2-3-7-19(18)25)20-8-4-5-9-21(20)30-22/h2-14H,15H2,1H3. The van der Waals surface area contributed by atoms with Crippen LogP contribution in [0.2, 0.25) is 0 Å². The van der Waals surface area contributed by atoms with E-state index in [1.165, 1.54) is 18.1 Å². The summed E-state index contributed by atoms with van der Waals surface area (Å²) >= 11 is 0. The van der Waals surface area contributed by atoms with Crippen LogP contribution in [0.3, 0.4) is 0 Å². The van der Waals surface area contributed by atoms with Crippen molar-refractivity contribution in [3.63, 3.8) is 0 Å². The minimum atomic E-state index is -0.441. The van der Waals surface area contributed by atoms with Gasteiger partial charge in [-0.3, -0.25) is 9.69 Å². The van der Waals surface area contributed by atoms with Crippen molar-refractivity contribution in [3.05, 3.63) is 101 Å². The van der Waals surface area contributed by atoms with Crippen LogP contribution in [-0.4, -0.2) is 19.0 Å². The first-order chi connectivity index (χ1) is 14.6. The number of hydrogen-bond donors (Lipinski definition) is 0. The van der Waals surface area contributed by atoms with E-state index in [9.17, 15) is 14.0 Å². The zero-order chi connectivity index (χ0) is 21.1. The first kappa shape index (κ1) is 19.4. The van der Waals surface area contributed by atoms with Gasteiger partial charge in [0.25, 0.3) is 5.91 Å². The minimum Gasteiger partial charge on any atom is -0.465 e. The normalized spacial score (nSPS) is 14.3. The molecule has 1 aliphatic heterocycles. The zero-order valence-electron chi connectivity index (χ0n) is 16.2. The zero-order valence-corrected chi connectivity index (χ0v) is 16.2. The van der Waals surface area contributed by atoms with Crippen LogP contribution in [0, 0.1) is 5.82 Å². The van der Waals surface area contributed by atoms with Crippen LogP contribution in [0.1, 0.15) is 21.5 Å². The van der Waals surface area contributed by atoms with Gasteiger partial charge in [-0.05, 0) is 42.0 Å². The smallest absolute Gasteiger partial charge is 0.337 e. The van der Waals surface area contributed by atoms with Gasteiger partial charge in [0.15, 0.2) is 11.5 Å². The van der Waals surface area contributed by atoms with Gasteiger partial charge in [0.1, 0.15) is 5.82 Å². The highest BCUT2D eigenvalue weighted by Gasteiger charge is 2.30. The van der Waals surface area contributed by atoms with Crippen LogP contribution in [-0.2, 0) is 16.1 Å². The van der Waals surface area contributed by atoms with Gasteiger partial charge in [-0.2, -0.15) is 0 Å². The van der Waals surface area contributed by atoms with Gasteiger partial charge < -0.3 is 9.47 Å². The second kappa shape index (κ2) is 8.21. The number of ether oxygens (including phenoxy) is 2. The molecule has 0 bridgehead atoms. The topological polar surface area (TPSA) is 55.8 Å². The van der Waals surface area contributed by atoms with Crippen molar-refractivity contribution in [2.24, 2.45) is 0 Å². The SMILES string of the molecule is COC(=O)c1ccc(C=C2Oc3ccccc3N(Cc3ccccc3F)C2=O)cc1.